The van der Waals surface area contributed by atoms with Crippen LogP contribution in [0.2, 0.25) is 0 Å². The molecule has 0 aromatic heterocycles. The molecule has 4 aromatic rings. The van der Waals surface area contributed by atoms with Crippen LogP contribution in [0.1, 0.15) is 27.4 Å². The smallest absolute Gasteiger partial charge is 0.269 e. The van der Waals surface area contributed by atoms with Crippen molar-refractivity contribution >= 4 is 11.8 Å². The lowest BCUT2D eigenvalue weighted by molar-refractivity contribution is -0.122. The van der Waals surface area contributed by atoms with Gasteiger partial charge in [0.2, 0.25) is 5.91 Å². The van der Waals surface area contributed by atoms with Gasteiger partial charge in [0.15, 0.2) is 0 Å². The summed E-state index contributed by atoms with van der Waals surface area (Å²) in [7, 11) is 0. The molecule has 0 aliphatic carbocycles. The molecule has 0 aliphatic heterocycles. The molecule has 4 rings (SSSR count). The van der Waals surface area contributed by atoms with E-state index in [2.05, 4.69) is 10.9 Å². The fraction of sp³-hybridized carbons (Fsp3) is 0.0370. The molecule has 0 aliphatic rings. The van der Waals surface area contributed by atoms with Gasteiger partial charge in [-0.05, 0) is 34.4 Å². The molecule has 0 atom stereocenters. The van der Waals surface area contributed by atoms with Gasteiger partial charge in [0, 0.05) is 5.56 Å². The standard InChI is InChI=1S/C27H22N2O2/c30-26(24-18-16-21(17-19-24)20-10-4-1-5-11-20)28-29-27(31)25(22-12-6-2-7-13-22)23-14-8-3-9-15-23/h1-19,25H,(H,28,30)(H,29,31). The number of hydrogen-bond donors (Lipinski definition) is 2. The lowest BCUT2D eigenvalue weighted by atomic mass is 9.91. The van der Waals surface area contributed by atoms with Crippen LogP contribution < -0.4 is 10.9 Å². The molecule has 0 unspecified atom stereocenters. The van der Waals surface area contributed by atoms with Gasteiger partial charge < -0.3 is 0 Å². The van der Waals surface area contributed by atoms with Crippen molar-refractivity contribution in [2.45, 2.75) is 5.92 Å². The first kappa shape index (κ1) is 20.1. The van der Waals surface area contributed by atoms with E-state index in [1.807, 2.05) is 103 Å². The highest BCUT2D eigenvalue weighted by Gasteiger charge is 2.23. The Balaban J connectivity index is 1.46. The highest BCUT2D eigenvalue weighted by molar-refractivity contribution is 5.97. The molecule has 4 aromatic carbocycles. The fourth-order valence-electron chi connectivity index (χ4n) is 3.49. The normalized spacial score (nSPS) is 10.5. The molecule has 2 amide bonds. The minimum Gasteiger partial charge on any atom is -0.272 e. The summed E-state index contributed by atoms with van der Waals surface area (Å²) in [6.45, 7) is 0. The van der Waals surface area contributed by atoms with E-state index >= 15 is 0 Å². The SMILES string of the molecule is O=C(NNC(=O)C(c1ccccc1)c1ccccc1)c1ccc(-c2ccccc2)cc1. The first-order valence-corrected chi connectivity index (χ1v) is 10.1. The van der Waals surface area contributed by atoms with E-state index in [-0.39, 0.29) is 11.8 Å². The summed E-state index contributed by atoms with van der Waals surface area (Å²) >= 11 is 0. The lowest BCUT2D eigenvalue weighted by Crippen LogP contribution is -2.44. The van der Waals surface area contributed by atoms with E-state index in [4.69, 9.17) is 0 Å². The van der Waals surface area contributed by atoms with Crippen LogP contribution in [0.15, 0.2) is 115 Å². The van der Waals surface area contributed by atoms with Gasteiger partial charge in [-0.1, -0.05) is 103 Å². The molecule has 0 saturated carbocycles. The Morgan fingerprint density at radius 1 is 0.516 bits per heavy atom. The zero-order valence-corrected chi connectivity index (χ0v) is 16.9. The molecule has 0 fully saturated rings. The number of carbonyl (C=O) groups is 2. The first-order valence-electron chi connectivity index (χ1n) is 10.1. The van der Waals surface area contributed by atoms with Crippen LogP contribution in [-0.4, -0.2) is 11.8 Å². The van der Waals surface area contributed by atoms with E-state index < -0.39 is 5.92 Å². The average molecular weight is 406 g/mol. The van der Waals surface area contributed by atoms with Crippen LogP contribution in [0, 0.1) is 0 Å². The van der Waals surface area contributed by atoms with Crippen molar-refractivity contribution in [2.75, 3.05) is 0 Å². The second-order valence-corrected chi connectivity index (χ2v) is 7.14. The van der Waals surface area contributed by atoms with Gasteiger partial charge >= 0.3 is 0 Å². The van der Waals surface area contributed by atoms with Gasteiger partial charge in [0.25, 0.3) is 5.91 Å². The zero-order chi connectivity index (χ0) is 21.5. The maximum absolute atomic E-state index is 13.0. The van der Waals surface area contributed by atoms with E-state index in [1.165, 1.54) is 0 Å². The third kappa shape index (κ3) is 4.87. The van der Waals surface area contributed by atoms with Gasteiger partial charge in [-0.3, -0.25) is 20.4 Å². The number of rotatable bonds is 5. The monoisotopic (exact) mass is 406 g/mol. The number of amides is 2. The topological polar surface area (TPSA) is 58.2 Å². The number of hydrazine groups is 1. The van der Waals surface area contributed by atoms with Crippen molar-refractivity contribution in [1.82, 2.24) is 10.9 Å². The van der Waals surface area contributed by atoms with Crippen LogP contribution in [0.5, 0.6) is 0 Å². The molecule has 0 heterocycles. The Morgan fingerprint density at radius 2 is 0.968 bits per heavy atom. The molecule has 152 valence electrons. The van der Waals surface area contributed by atoms with Gasteiger partial charge in [-0.2, -0.15) is 0 Å². The van der Waals surface area contributed by atoms with Crippen LogP contribution in [-0.2, 0) is 4.79 Å². The Bertz CT molecular complexity index is 1100. The van der Waals surface area contributed by atoms with E-state index in [9.17, 15) is 9.59 Å². The molecule has 0 bridgehead atoms. The summed E-state index contributed by atoms with van der Waals surface area (Å²) in [6, 6.07) is 36.2. The van der Waals surface area contributed by atoms with Crippen molar-refractivity contribution in [3.05, 3.63) is 132 Å². The van der Waals surface area contributed by atoms with E-state index in [0.717, 1.165) is 22.3 Å². The van der Waals surface area contributed by atoms with E-state index in [0.29, 0.717) is 5.56 Å². The number of nitrogens with one attached hydrogen (secondary N) is 2. The largest absolute Gasteiger partial charge is 0.272 e. The Kier molecular flexibility index (Phi) is 6.19. The van der Waals surface area contributed by atoms with Crippen molar-refractivity contribution < 1.29 is 9.59 Å². The van der Waals surface area contributed by atoms with Crippen molar-refractivity contribution in [3.8, 4) is 11.1 Å². The molecule has 0 radical (unpaired) electrons. The molecule has 2 N–H and O–H groups in total. The summed E-state index contributed by atoms with van der Waals surface area (Å²) in [4.78, 5) is 25.6. The average Bonchev–Trinajstić information content (AvgIpc) is 2.85. The Hall–Kier alpha value is -4.18. The van der Waals surface area contributed by atoms with E-state index in [1.54, 1.807) is 12.1 Å². The molecule has 4 heteroatoms. The third-order valence-electron chi connectivity index (χ3n) is 5.08. The molecule has 31 heavy (non-hydrogen) atoms. The fourth-order valence-corrected chi connectivity index (χ4v) is 3.49. The van der Waals surface area contributed by atoms with Crippen molar-refractivity contribution in [1.29, 1.82) is 0 Å². The second kappa shape index (κ2) is 9.55. The summed E-state index contributed by atoms with van der Waals surface area (Å²) in [6.07, 6.45) is 0. The Morgan fingerprint density at radius 3 is 1.48 bits per heavy atom. The van der Waals surface area contributed by atoms with Crippen LogP contribution in [0.3, 0.4) is 0 Å². The van der Waals surface area contributed by atoms with Crippen LogP contribution in [0.25, 0.3) is 11.1 Å². The predicted octanol–water partition coefficient (Wildman–Crippen LogP) is 4.95. The number of benzene rings is 4. The van der Waals surface area contributed by atoms with Crippen molar-refractivity contribution in [2.24, 2.45) is 0 Å². The third-order valence-corrected chi connectivity index (χ3v) is 5.08. The van der Waals surface area contributed by atoms with Gasteiger partial charge in [-0.15, -0.1) is 0 Å². The van der Waals surface area contributed by atoms with Crippen LogP contribution in [0.4, 0.5) is 0 Å². The van der Waals surface area contributed by atoms with Crippen LogP contribution >= 0.6 is 0 Å². The molecule has 0 saturated heterocycles. The molecular formula is C27H22N2O2. The maximum Gasteiger partial charge on any atom is 0.269 e. The van der Waals surface area contributed by atoms with Crippen molar-refractivity contribution in [3.63, 3.8) is 0 Å². The summed E-state index contributed by atoms with van der Waals surface area (Å²) in [5, 5.41) is 0. The highest BCUT2D eigenvalue weighted by Crippen LogP contribution is 2.24. The minimum absolute atomic E-state index is 0.299. The zero-order valence-electron chi connectivity index (χ0n) is 16.9. The molecule has 4 nitrogen and oxygen atoms in total. The molecule has 0 spiro atoms. The predicted molar refractivity (Wildman–Crippen MR) is 122 cm³/mol. The van der Waals surface area contributed by atoms with Gasteiger partial charge in [0.1, 0.15) is 0 Å². The second-order valence-electron chi connectivity index (χ2n) is 7.14. The summed E-state index contributed by atoms with van der Waals surface area (Å²) in [5.41, 5.74) is 9.40. The number of carbonyl (C=O) groups excluding carboxylic acids is 2. The number of hydrogen-bond acceptors (Lipinski definition) is 2. The summed E-state index contributed by atoms with van der Waals surface area (Å²) in [5.74, 6) is -1.19. The Labute approximate surface area is 181 Å². The lowest BCUT2D eigenvalue weighted by Gasteiger charge is -2.18. The molecular weight excluding hydrogens is 384 g/mol. The highest BCUT2D eigenvalue weighted by atomic mass is 16.2. The van der Waals surface area contributed by atoms with Gasteiger partial charge in [0.05, 0.1) is 5.92 Å². The van der Waals surface area contributed by atoms with Gasteiger partial charge in [-0.25, -0.2) is 0 Å². The maximum atomic E-state index is 13.0. The summed E-state index contributed by atoms with van der Waals surface area (Å²) < 4.78 is 0. The quantitative estimate of drug-likeness (QED) is 0.461. The minimum atomic E-state index is -0.525. The first-order chi connectivity index (χ1) is 15.2.